The van der Waals surface area contributed by atoms with E-state index in [1.807, 2.05) is 6.08 Å². The van der Waals surface area contributed by atoms with E-state index in [0.29, 0.717) is 5.92 Å². The third-order valence-corrected chi connectivity index (χ3v) is 2.24. The van der Waals surface area contributed by atoms with Gasteiger partial charge in [-0.2, -0.15) is 0 Å². The fraction of sp³-hybridized carbons (Fsp3) is 0.778. The fourth-order valence-electron chi connectivity index (χ4n) is 1.53. The van der Waals surface area contributed by atoms with Crippen LogP contribution in [0.2, 0.25) is 0 Å². The van der Waals surface area contributed by atoms with E-state index in [1.54, 1.807) is 7.11 Å². The predicted octanol–water partition coefficient (Wildman–Crippen LogP) is 1.61. The molecular weight excluding hydrogens is 140 g/mol. The van der Waals surface area contributed by atoms with Gasteiger partial charge in [-0.3, -0.25) is 0 Å². The van der Waals surface area contributed by atoms with Crippen LogP contribution in [0, 0.1) is 5.92 Å². The van der Waals surface area contributed by atoms with Crippen molar-refractivity contribution in [3.63, 3.8) is 0 Å². The number of hydrogen-bond acceptors (Lipinski definition) is 2. The molecule has 1 aliphatic heterocycles. The minimum atomic E-state index is 0.221. The van der Waals surface area contributed by atoms with Crippen molar-refractivity contribution in [1.29, 1.82) is 0 Å². The molecule has 2 nitrogen and oxygen atoms in total. The average molecular weight is 156 g/mol. The standard InChI is InChI=1S/C9H16O2/c1-3-9(10-2)8-4-6-11-7-5-8/h3,8-9H,1,4-7H2,2H3/t9-/m1/s1. The summed E-state index contributed by atoms with van der Waals surface area (Å²) >= 11 is 0. The van der Waals surface area contributed by atoms with Crippen LogP contribution in [0.15, 0.2) is 12.7 Å². The van der Waals surface area contributed by atoms with Crippen LogP contribution in [0.5, 0.6) is 0 Å². The van der Waals surface area contributed by atoms with Gasteiger partial charge in [-0.25, -0.2) is 0 Å². The van der Waals surface area contributed by atoms with Crippen LogP contribution in [0.3, 0.4) is 0 Å². The quantitative estimate of drug-likeness (QED) is 0.578. The Hall–Kier alpha value is -0.340. The second-order valence-electron chi connectivity index (χ2n) is 2.89. The molecule has 0 aromatic rings. The molecule has 0 radical (unpaired) electrons. The first-order valence-electron chi connectivity index (χ1n) is 4.11. The molecule has 64 valence electrons. The Morgan fingerprint density at radius 2 is 2.18 bits per heavy atom. The topological polar surface area (TPSA) is 18.5 Å². The Bertz CT molecular complexity index is 117. The fourth-order valence-corrected chi connectivity index (χ4v) is 1.53. The van der Waals surface area contributed by atoms with Crippen molar-refractivity contribution in [1.82, 2.24) is 0 Å². The first-order chi connectivity index (χ1) is 5.38. The molecule has 1 heterocycles. The summed E-state index contributed by atoms with van der Waals surface area (Å²) in [4.78, 5) is 0. The lowest BCUT2D eigenvalue weighted by atomic mass is 9.94. The highest BCUT2D eigenvalue weighted by Gasteiger charge is 2.20. The highest BCUT2D eigenvalue weighted by atomic mass is 16.5. The van der Waals surface area contributed by atoms with E-state index in [1.165, 1.54) is 0 Å². The van der Waals surface area contributed by atoms with Crippen LogP contribution < -0.4 is 0 Å². The minimum Gasteiger partial charge on any atom is -0.381 e. The molecule has 1 aliphatic rings. The normalized spacial score (nSPS) is 23.0. The zero-order valence-corrected chi connectivity index (χ0v) is 7.08. The molecule has 0 bridgehead atoms. The largest absolute Gasteiger partial charge is 0.381 e. The first kappa shape index (κ1) is 8.75. The van der Waals surface area contributed by atoms with Gasteiger partial charge >= 0.3 is 0 Å². The second kappa shape index (κ2) is 4.52. The molecule has 1 rings (SSSR count). The lowest BCUT2D eigenvalue weighted by Crippen LogP contribution is -2.27. The Balaban J connectivity index is 2.35. The average Bonchev–Trinajstić information content (AvgIpc) is 2.09. The number of methoxy groups -OCH3 is 1. The Kier molecular flexibility index (Phi) is 3.60. The lowest BCUT2D eigenvalue weighted by Gasteiger charge is -2.26. The number of hydrogen-bond donors (Lipinski definition) is 0. The van der Waals surface area contributed by atoms with Crippen LogP contribution in [-0.4, -0.2) is 26.4 Å². The summed E-state index contributed by atoms with van der Waals surface area (Å²) in [5.74, 6) is 0.617. The van der Waals surface area contributed by atoms with Crippen molar-refractivity contribution in [3.8, 4) is 0 Å². The van der Waals surface area contributed by atoms with Crippen LogP contribution >= 0.6 is 0 Å². The van der Waals surface area contributed by atoms with Gasteiger partial charge in [0, 0.05) is 20.3 Å². The SMILES string of the molecule is C=C[C@@H](OC)C1CCOCC1. The summed E-state index contributed by atoms with van der Waals surface area (Å²) in [5.41, 5.74) is 0. The zero-order valence-electron chi connectivity index (χ0n) is 7.08. The molecule has 2 heteroatoms. The van der Waals surface area contributed by atoms with Gasteiger partial charge in [0.2, 0.25) is 0 Å². The molecule has 0 saturated carbocycles. The monoisotopic (exact) mass is 156 g/mol. The number of ether oxygens (including phenoxy) is 2. The van der Waals surface area contributed by atoms with Gasteiger partial charge in [-0.05, 0) is 18.8 Å². The van der Waals surface area contributed by atoms with Gasteiger partial charge in [-0.15, -0.1) is 6.58 Å². The maximum Gasteiger partial charge on any atom is 0.0779 e. The molecule has 11 heavy (non-hydrogen) atoms. The van der Waals surface area contributed by atoms with E-state index in [0.717, 1.165) is 26.1 Å². The summed E-state index contributed by atoms with van der Waals surface area (Å²) in [5, 5.41) is 0. The van der Waals surface area contributed by atoms with Gasteiger partial charge in [-0.1, -0.05) is 6.08 Å². The molecule has 0 N–H and O–H groups in total. The summed E-state index contributed by atoms with van der Waals surface area (Å²) in [6.07, 6.45) is 4.31. The molecular formula is C9H16O2. The summed E-state index contributed by atoms with van der Waals surface area (Å²) in [7, 11) is 1.74. The van der Waals surface area contributed by atoms with Crippen LogP contribution in [0.1, 0.15) is 12.8 Å². The first-order valence-corrected chi connectivity index (χ1v) is 4.11. The zero-order chi connectivity index (χ0) is 8.10. The third kappa shape index (κ3) is 2.31. The number of rotatable bonds is 3. The Labute approximate surface area is 68.2 Å². The molecule has 0 unspecified atom stereocenters. The molecule has 0 aliphatic carbocycles. The molecule has 1 saturated heterocycles. The van der Waals surface area contributed by atoms with Crippen molar-refractivity contribution in [2.24, 2.45) is 5.92 Å². The van der Waals surface area contributed by atoms with Crippen LogP contribution in [0.4, 0.5) is 0 Å². The molecule has 0 aromatic heterocycles. The van der Waals surface area contributed by atoms with Gasteiger partial charge in [0.1, 0.15) is 0 Å². The van der Waals surface area contributed by atoms with Gasteiger partial charge in [0.05, 0.1) is 6.10 Å². The third-order valence-electron chi connectivity index (χ3n) is 2.24. The molecule has 1 atom stereocenters. The lowest BCUT2D eigenvalue weighted by molar-refractivity contribution is 0.00732. The molecule has 1 fully saturated rings. The van der Waals surface area contributed by atoms with E-state index in [9.17, 15) is 0 Å². The van der Waals surface area contributed by atoms with E-state index in [-0.39, 0.29) is 6.10 Å². The van der Waals surface area contributed by atoms with E-state index in [4.69, 9.17) is 9.47 Å². The van der Waals surface area contributed by atoms with Gasteiger partial charge < -0.3 is 9.47 Å². The molecule has 0 amide bonds. The van der Waals surface area contributed by atoms with E-state index in [2.05, 4.69) is 6.58 Å². The van der Waals surface area contributed by atoms with Crippen molar-refractivity contribution in [3.05, 3.63) is 12.7 Å². The van der Waals surface area contributed by atoms with Crippen LogP contribution in [-0.2, 0) is 9.47 Å². The second-order valence-corrected chi connectivity index (χ2v) is 2.89. The van der Waals surface area contributed by atoms with E-state index < -0.39 is 0 Å². The maximum absolute atomic E-state index is 5.27. The van der Waals surface area contributed by atoms with E-state index >= 15 is 0 Å². The predicted molar refractivity (Wildman–Crippen MR) is 44.5 cm³/mol. The summed E-state index contributed by atoms with van der Waals surface area (Å²) < 4.78 is 10.5. The van der Waals surface area contributed by atoms with Gasteiger partial charge in [0.15, 0.2) is 0 Å². The summed E-state index contributed by atoms with van der Waals surface area (Å²) in [6.45, 7) is 5.49. The van der Waals surface area contributed by atoms with Crippen molar-refractivity contribution in [2.45, 2.75) is 18.9 Å². The highest BCUT2D eigenvalue weighted by Crippen LogP contribution is 2.20. The van der Waals surface area contributed by atoms with Crippen molar-refractivity contribution < 1.29 is 9.47 Å². The van der Waals surface area contributed by atoms with Gasteiger partial charge in [0.25, 0.3) is 0 Å². The van der Waals surface area contributed by atoms with Crippen LogP contribution in [0.25, 0.3) is 0 Å². The summed E-state index contributed by atoms with van der Waals surface area (Å²) in [6, 6.07) is 0. The smallest absolute Gasteiger partial charge is 0.0779 e. The van der Waals surface area contributed by atoms with Crippen molar-refractivity contribution in [2.75, 3.05) is 20.3 Å². The highest BCUT2D eigenvalue weighted by molar-refractivity contribution is 4.86. The molecule has 0 spiro atoms. The molecule has 0 aromatic carbocycles. The van der Waals surface area contributed by atoms with Crippen molar-refractivity contribution >= 4 is 0 Å². The maximum atomic E-state index is 5.27. The minimum absolute atomic E-state index is 0.221. The Morgan fingerprint density at radius 1 is 1.55 bits per heavy atom. The Morgan fingerprint density at radius 3 is 2.64 bits per heavy atom.